The van der Waals surface area contributed by atoms with Crippen LogP contribution in [0.2, 0.25) is 0 Å². The summed E-state index contributed by atoms with van der Waals surface area (Å²) < 4.78 is 5.27. The summed E-state index contributed by atoms with van der Waals surface area (Å²) in [4.78, 5) is 34.5. The van der Waals surface area contributed by atoms with Crippen molar-refractivity contribution in [3.05, 3.63) is 29.8 Å². The zero-order valence-corrected chi connectivity index (χ0v) is 18.8. The number of benzene rings is 1. The van der Waals surface area contributed by atoms with Crippen LogP contribution in [0.3, 0.4) is 0 Å². The average Bonchev–Trinajstić information content (AvgIpc) is 3.42. The van der Waals surface area contributed by atoms with Crippen molar-refractivity contribution in [3.63, 3.8) is 0 Å². The molecule has 2 N–H and O–H groups in total. The summed E-state index contributed by atoms with van der Waals surface area (Å²) >= 11 is 0. The van der Waals surface area contributed by atoms with Gasteiger partial charge in [0.2, 0.25) is 23.7 Å². The van der Waals surface area contributed by atoms with Crippen LogP contribution in [0.15, 0.2) is 24.3 Å². The number of aromatic amines is 1. The summed E-state index contributed by atoms with van der Waals surface area (Å²) in [5.74, 6) is 0.954. The summed E-state index contributed by atoms with van der Waals surface area (Å²) in [7, 11) is 1.62. The Bertz CT molecular complexity index is 922. The summed E-state index contributed by atoms with van der Waals surface area (Å²) in [6, 6.07) is 7.29. The molecule has 2 unspecified atom stereocenters. The molecule has 3 heterocycles. The van der Waals surface area contributed by atoms with E-state index >= 15 is 0 Å². The van der Waals surface area contributed by atoms with E-state index in [0.29, 0.717) is 18.4 Å². The van der Waals surface area contributed by atoms with Gasteiger partial charge in [-0.25, -0.2) is 5.10 Å². The van der Waals surface area contributed by atoms with Gasteiger partial charge in [-0.1, -0.05) is 25.5 Å². The number of hydrogen-bond donors (Lipinski definition) is 2. The van der Waals surface area contributed by atoms with Gasteiger partial charge in [-0.3, -0.25) is 14.9 Å². The Morgan fingerprint density at radius 1 is 1.22 bits per heavy atom. The standard InChI is InChI=1S/C23H32N6O3/c1-3-4-14-29-19(30)15-18(20(29)16-8-10-17(32-2)11-9-16)21(31)24-22-25-23(27-26-22)28-12-6-5-7-13-28/h8-11,18,20H,3-7,12-15H2,1-2H3,(H2,24,25,26,27,31). The molecule has 0 saturated carbocycles. The number of rotatable bonds is 8. The van der Waals surface area contributed by atoms with E-state index in [4.69, 9.17) is 4.74 Å². The highest BCUT2D eigenvalue weighted by atomic mass is 16.5. The molecular formula is C23H32N6O3. The molecule has 2 saturated heterocycles. The van der Waals surface area contributed by atoms with Crippen LogP contribution in [0.25, 0.3) is 0 Å². The van der Waals surface area contributed by atoms with Gasteiger partial charge >= 0.3 is 0 Å². The number of hydrogen-bond acceptors (Lipinski definition) is 6. The number of ether oxygens (including phenoxy) is 1. The number of nitrogens with zero attached hydrogens (tertiary/aromatic N) is 4. The zero-order chi connectivity index (χ0) is 22.5. The van der Waals surface area contributed by atoms with Crippen LogP contribution in [0, 0.1) is 5.92 Å². The molecular weight excluding hydrogens is 408 g/mol. The lowest BCUT2D eigenvalue weighted by molar-refractivity contribution is -0.129. The largest absolute Gasteiger partial charge is 0.497 e. The maximum atomic E-state index is 13.3. The van der Waals surface area contributed by atoms with Gasteiger partial charge in [0.05, 0.1) is 19.1 Å². The van der Waals surface area contributed by atoms with Crippen molar-refractivity contribution < 1.29 is 14.3 Å². The molecule has 0 bridgehead atoms. The minimum atomic E-state index is -0.503. The Labute approximate surface area is 188 Å². The minimum Gasteiger partial charge on any atom is -0.497 e. The highest BCUT2D eigenvalue weighted by Crippen LogP contribution is 2.39. The van der Waals surface area contributed by atoms with Crippen molar-refractivity contribution in [2.45, 2.75) is 51.5 Å². The molecule has 172 valence electrons. The fraction of sp³-hybridized carbons (Fsp3) is 0.565. The van der Waals surface area contributed by atoms with E-state index in [2.05, 4.69) is 32.3 Å². The second-order valence-corrected chi connectivity index (χ2v) is 8.49. The number of nitrogens with one attached hydrogen (secondary N) is 2. The second kappa shape index (κ2) is 10.0. The second-order valence-electron chi connectivity index (χ2n) is 8.49. The SMILES string of the molecule is CCCCN1C(=O)CC(C(=O)Nc2nc(N3CCCCC3)n[nH]2)C1c1ccc(OC)cc1. The van der Waals surface area contributed by atoms with Gasteiger partial charge in [-0.15, -0.1) is 5.10 Å². The molecule has 9 nitrogen and oxygen atoms in total. The van der Waals surface area contributed by atoms with Crippen LogP contribution in [-0.2, 0) is 9.59 Å². The molecule has 32 heavy (non-hydrogen) atoms. The van der Waals surface area contributed by atoms with E-state index < -0.39 is 5.92 Å². The fourth-order valence-electron chi connectivity index (χ4n) is 4.58. The third kappa shape index (κ3) is 4.71. The molecule has 2 aliphatic rings. The third-order valence-electron chi connectivity index (χ3n) is 6.33. The first-order valence-electron chi connectivity index (χ1n) is 11.5. The number of methoxy groups -OCH3 is 1. The third-order valence-corrected chi connectivity index (χ3v) is 6.33. The highest BCUT2D eigenvalue weighted by Gasteiger charge is 2.44. The molecule has 2 amide bonds. The monoisotopic (exact) mass is 440 g/mol. The average molecular weight is 441 g/mol. The number of carbonyl (C=O) groups is 2. The molecule has 2 atom stereocenters. The number of anilines is 2. The smallest absolute Gasteiger partial charge is 0.246 e. The van der Waals surface area contributed by atoms with E-state index in [1.165, 1.54) is 6.42 Å². The van der Waals surface area contributed by atoms with Crippen LogP contribution < -0.4 is 15.0 Å². The minimum absolute atomic E-state index is 0.00555. The number of aromatic nitrogens is 3. The Hall–Kier alpha value is -3.10. The zero-order valence-electron chi connectivity index (χ0n) is 18.8. The van der Waals surface area contributed by atoms with E-state index in [1.807, 2.05) is 29.2 Å². The van der Waals surface area contributed by atoms with Crippen molar-refractivity contribution in [3.8, 4) is 5.75 Å². The van der Waals surface area contributed by atoms with Gasteiger partial charge in [-0.2, -0.15) is 4.98 Å². The van der Waals surface area contributed by atoms with E-state index in [9.17, 15) is 9.59 Å². The van der Waals surface area contributed by atoms with Crippen LogP contribution in [-0.4, -0.2) is 58.6 Å². The number of piperidine rings is 1. The Balaban J connectivity index is 1.52. The van der Waals surface area contributed by atoms with Crippen molar-refractivity contribution in [1.29, 1.82) is 0 Å². The number of amides is 2. The lowest BCUT2D eigenvalue weighted by Gasteiger charge is -2.28. The van der Waals surface area contributed by atoms with Gasteiger partial charge in [-0.05, 0) is 43.4 Å². The van der Waals surface area contributed by atoms with Crippen molar-refractivity contribution in [2.24, 2.45) is 5.92 Å². The normalized spacial score (nSPS) is 21.1. The molecule has 0 spiro atoms. The van der Waals surface area contributed by atoms with Crippen LogP contribution in [0.4, 0.5) is 11.9 Å². The lowest BCUT2D eigenvalue weighted by atomic mass is 9.92. The van der Waals surface area contributed by atoms with Crippen molar-refractivity contribution in [2.75, 3.05) is 37.0 Å². The van der Waals surface area contributed by atoms with E-state index in [-0.39, 0.29) is 24.3 Å². The molecule has 0 radical (unpaired) electrons. The number of unbranched alkanes of at least 4 members (excludes halogenated alkanes) is 1. The first-order valence-corrected chi connectivity index (χ1v) is 11.5. The molecule has 0 aliphatic carbocycles. The number of carbonyl (C=O) groups excluding carboxylic acids is 2. The quantitative estimate of drug-likeness (QED) is 0.654. The first-order chi connectivity index (χ1) is 15.6. The fourth-order valence-corrected chi connectivity index (χ4v) is 4.58. The topological polar surface area (TPSA) is 103 Å². The Morgan fingerprint density at radius 3 is 2.66 bits per heavy atom. The van der Waals surface area contributed by atoms with Crippen molar-refractivity contribution in [1.82, 2.24) is 20.1 Å². The van der Waals surface area contributed by atoms with Gasteiger partial charge in [0, 0.05) is 26.1 Å². The first kappa shape index (κ1) is 22.1. The molecule has 2 aromatic rings. The van der Waals surface area contributed by atoms with E-state index in [1.54, 1.807) is 7.11 Å². The molecule has 9 heteroatoms. The van der Waals surface area contributed by atoms with E-state index in [0.717, 1.165) is 50.1 Å². The van der Waals surface area contributed by atoms with Gasteiger partial charge < -0.3 is 14.5 Å². The number of H-pyrrole nitrogens is 1. The van der Waals surface area contributed by atoms with Crippen LogP contribution >= 0.6 is 0 Å². The van der Waals surface area contributed by atoms with Gasteiger partial charge in [0.1, 0.15) is 5.75 Å². The predicted molar refractivity (Wildman–Crippen MR) is 122 cm³/mol. The molecule has 2 fully saturated rings. The lowest BCUT2D eigenvalue weighted by Crippen LogP contribution is -2.33. The predicted octanol–water partition coefficient (Wildman–Crippen LogP) is 3.13. The summed E-state index contributed by atoms with van der Waals surface area (Å²) in [6.07, 6.45) is 5.53. The molecule has 2 aliphatic heterocycles. The van der Waals surface area contributed by atoms with Crippen LogP contribution in [0.5, 0.6) is 5.75 Å². The summed E-state index contributed by atoms with van der Waals surface area (Å²) in [6.45, 7) is 4.58. The summed E-state index contributed by atoms with van der Waals surface area (Å²) in [5, 5.41) is 9.97. The Morgan fingerprint density at radius 2 is 1.97 bits per heavy atom. The van der Waals surface area contributed by atoms with Crippen molar-refractivity contribution >= 4 is 23.7 Å². The highest BCUT2D eigenvalue weighted by molar-refractivity contribution is 5.97. The van der Waals surface area contributed by atoms with Gasteiger partial charge in [0.15, 0.2) is 0 Å². The molecule has 1 aromatic carbocycles. The Kier molecular flexibility index (Phi) is 6.92. The maximum Gasteiger partial charge on any atom is 0.246 e. The maximum absolute atomic E-state index is 13.3. The molecule has 4 rings (SSSR count). The summed E-state index contributed by atoms with van der Waals surface area (Å²) in [5.41, 5.74) is 0.930. The van der Waals surface area contributed by atoms with Gasteiger partial charge in [0.25, 0.3) is 0 Å². The molecule has 1 aromatic heterocycles. The number of likely N-dealkylation sites (tertiary alicyclic amines) is 1. The van der Waals surface area contributed by atoms with Crippen LogP contribution in [0.1, 0.15) is 57.1 Å².